The van der Waals surface area contributed by atoms with Crippen molar-refractivity contribution in [1.29, 1.82) is 0 Å². The molecule has 34 heavy (non-hydrogen) atoms. The minimum atomic E-state index is 0.734. The molecule has 1 aliphatic rings. The number of nitrogens with one attached hydrogen (secondary N) is 2. The number of anilines is 1. The van der Waals surface area contributed by atoms with Crippen LogP contribution in [-0.2, 0) is 6.54 Å². The van der Waals surface area contributed by atoms with Crippen LogP contribution in [0.1, 0.15) is 11.3 Å². The van der Waals surface area contributed by atoms with Gasteiger partial charge in [0.25, 0.3) is 0 Å². The van der Waals surface area contributed by atoms with E-state index in [-0.39, 0.29) is 0 Å². The quantitative estimate of drug-likeness (QED) is 0.381. The van der Waals surface area contributed by atoms with E-state index in [1.165, 1.54) is 27.8 Å². The second-order valence-corrected chi connectivity index (χ2v) is 8.71. The predicted octanol–water partition coefficient (Wildman–Crippen LogP) is 5.15. The third-order valence-electron chi connectivity index (χ3n) is 6.63. The summed E-state index contributed by atoms with van der Waals surface area (Å²) in [5.41, 5.74) is 15.0. The van der Waals surface area contributed by atoms with E-state index in [4.69, 9.17) is 5.73 Å². The highest BCUT2D eigenvalue weighted by Crippen LogP contribution is 2.33. The van der Waals surface area contributed by atoms with Crippen molar-refractivity contribution in [1.82, 2.24) is 15.2 Å². The van der Waals surface area contributed by atoms with Crippen molar-refractivity contribution in [3.05, 3.63) is 109 Å². The summed E-state index contributed by atoms with van der Waals surface area (Å²) >= 11 is 0. The molecule has 0 saturated heterocycles. The van der Waals surface area contributed by atoms with Crippen LogP contribution in [0.4, 0.5) is 5.69 Å². The van der Waals surface area contributed by atoms with Gasteiger partial charge in [-0.3, -0.25) is 0 Å². The Morgan fingerprint density at radius 1 is 1.00 bits per heavy atom. The van der Waals surface area contributed by atoms with Gasteiger partial charge in [0, 0.05) is 55.2 Å². The number of nitrogens with zero attached hydrogens (tertiary/aromatic N) is 2. The summed E-state index contributed by atoms with van der Waals surface area (Å²) in [5.74, 6) is 0. The van der Waals surface area contributed by atoms with E-state index in [1.807, 2.05) is 7.05 Å². The number of para-hydroxylation sites is 1. The number of hydrogen-bond acceptors (Lipinski definition) is 4. The Bertz CT molecular complexity index is 1300. The van der Waals surface area contributed by atoms with E-state index in [0.717, 1.165) is 48.8 Å². The van der Waals surface area contributed by atoms with Crippen molar-refractivity contribution >= 4 is 22.3 Å². The largest absolute Gasteiger partial charge is 0.403 e. The van der Waals surface area contributed by atoms with Crippen LogP contribution in [0.2, 0.25) is 0 Å². The molecule has 2 heterocycles. The number of nitrogens with two attached hydrogens (primary N) is 1. The average molecular weight is 450 g/mol. The Kier molecular flexibility index (Phi) is 6.00. The third-order valence-corrected chi connectivity index (χ3v) is 6.63. The summed E-state index contributed by atoms with van der Waals surface area (Å²) in [4.78, 5) is 8.32. The standard InChI is InChI=1S/C29H31N5/c1-21(28-17-24-10-6-7-11-27(24)32-28)33-14-15-34(20-26(18-30)31-2)29-13-12-23(16-25(29)19-33)22-8-4-3-5-9-22/h3-13,16-18,31-32H,1,14-15,19-20,30H2,2H3/b26-18-. The number of benzene rings is 3. The number of aromatic amines is 1. The summed E-state index contributed by atoms with van der Waals surface area (Å²) in [5, 5.41) is 4.42. The third kappa shape index (κ3) is 4.25. The van der Waals surface area contributed by atoms with Crippen LogP contribution in [0, 0.1) is 0 Å². The first-order valence-corrected chi connectivity index (χ1v) is 11.7. The van der Waals surface area contributed by atoms with Gasteiger partial charge in [0.2, 0.25) is 0 Å². The van der Waals surface area contributed by atoms with Gasteiger partial charge >= 0.3 is 0 Å². The van der Waals surface area contributed by atoms with Gasteiger partial charge < -0.3 is 25.8 Å². The zero-order chi connectivity index (χ0) is 23.5. The molecule has 1 aliphatic heterocycles. The first-order valence-electron chi connectivity index (χ1n) is 11.7. The fraction of sp³-hybridized carbons (Fsp3) is 0.172. The monoisotopic (exact) mass is 449 g/mol. The van der Waals surface area contributed by atoms with Crippen molar-refractivity contribution in [2.24, 2.45) is 5.73 Å². The number of hydrogen-bond donors (Lipinski definition) is 3. The SMILES string of the molecule is C=C(c1cc2ccccc2[nH]1)N1CCN(C/C(=C/N)NC)c2ccc(-c3ccccc3)cc2C1. The Morgan fingerprint density at radius 3 is 2.56 bits per heavy atom. The molecule has 4 aromatic rings. The molecule has 5 rings (SSSR count). The van der Waals surface area contributed by atoms with Gasteiger partial charge in [-0.1, -0.05) is 61.2 Å². The summed E-state index contributed by atoms with van der Waals surface area (Å²) in [6.07, 6.45) is 1.66. The first kappa shape index (κ1) is 21.7. The molecule has 0 spiro atoms. The zero-order valence-electron chi connectivity index (χ0n) is 19.6. The van der Waals surface area contributed by atoms with Gasteiger partial charge in [-0.25, -0.2) is 0 Å². The lowest BCUT2D eigenvalue weighted by atomic mass is 10.0. The minimum Gasteiger partial charge on any atom is -0.403 e. The van der Waals surface area contributed by atoms with E-state index < -0.39 is 0 Å². The number of likely N-dealkylation sites (N-methyl/N-ethyl adjacent to an activating group) is 1. The molecule has 3 aromatic carbocycles. The smallest absolute Gasteiger partial charge is 0.0622 e. The molecule has 1 aromatic heterocycles. The van der Waals surface area contributed by atoms with Gasteiger partial charge in [0.15, 0.2) is 0 Å². The summed E-state index contributed by atoms with van der Waals surface area (Å²) in [7, 11) is 1.92. The lowest BCUT2D eigenvalue weighted by molar-refractivity contribution is 0.406. The van der Waals surface area contributed by atoms with Crippen molar-refractivity contribution in [3.8, 4) is 11.1 Å². The Hall–Kier alpha value is -4.12. The van der Waals surface area contributed by atoms with Crippen LogP contribution in [0.15, 0.2) is 97.3 Å². The van der Waals surface area contributed by atoms with Crippen molar-refractivity contribution in [3.63, 3.8) is 0 Å². The van der Waals surface area contributed by atoms with E-state index in [1.54, 1.807) is 6.20 Å². The van der Waals surface area contributed by atoms with Gasteiger partial charge in [0.1, 0.15) is 0 Å². The summed E-state index contributed by atoms with van der Waals surface area (Å²) in [6, 6.07) is 27.9. The molecular formula is C29H31N5. The van der Waals surface area contributed by atoms with Gasteiger partial charge in [-0.2, -0.15) is 0 Å². The fourth-order valence-electron chi connectivity index (χ4n) is 4.69. The molecule has 0 radical (unpaired) electrons. The van der Waals surface area contributed by atoms with E-state index in [2.05, 4.69) is 106 Å². The molecule has 0 atom stereocenters. The normalized spacial score (nSPS) is 14.1. The molecule has 172 valence electrons. The fourth-order valence-corrected chi connectivity index (χ4v) is 4.69. The molecule has 0 bridgehead atoms. The molecule has 0 unspecified atom stereocenters. The van der Waals surface area contributed by atoms with Crippen LogP contribution in [0.25, 0.3) is 27.7 Å². The molecule has 0 fully saturated rings. The summed E-state index contributed by atoms with van der Waals surface area (Å²) in [6.45, 7) is 7.75. The van der Waals surface area contributed by atoms with Crippen LogP contribution in [0.3, 0.4) is 0 Å². The minimum absolute atomic E-state index is 0.734. The second kappa shape index (κ2) is 9.40. The van der Waals surface area contributed by atoms with E-state index in [0.29, 0.717) is 0 Å². The van der Waals surface area contributed by atoms with E-state index >= 15 is 0 Å². The van der Waals surface area contributed by atoms with Gasteiger partial charge in [0.05, 0.1) is 17.9 Å². The number of H-pyrrole nitrogens is 1. The van der Waals surface area contributed by atoms with Crippen LogP contribution in [0.5, 0.6) is 0 Å². The highest BCUT2D eigenvalue weighted by atomic mass is 15.2. The molecule has 5 heteroatoms. The molecule has 0 aliphatic carbocycles. The molecule has 5 nitrogen and oxygen atoms in total. The highest BCUT2D eigenvalue weighted by molar-refractivity contribution is 5.84. The second-order valence-electron chi connectivity index (χ2n) is 8.71. The maximum atomic E-state index is 5.87. The molecule has 0 saturated carbocycles. The van der Waals surface area contributed by atoms with Gasteiger partial charge in [-0.05, 0) is 41.0 Å². The number of rotatable bonds is 6. The lowest BCUT2D eigenvalue weighted by Crippen LogP contribution is -2.34. The van der Waals surface area contributed by atoms with Crippen LogP contribution < -0.4 is 16.0 Å². The topological polar surface area (TPSA) is 60.3 Å². The zero-order valence-corrected chi connectivity index (χ0v) is 19.6. The Morgan fingerprint density at radius 2 is 1.79 bits per heavy atom. The maximum absolute atomic E-state index is 5.87. The first-order chi connectivity index (χ1) is 16.7. The van der Waals surface area contributed by atoms with Gasteiger partial charge in [-0.15, -0.1) is 0 Å². The summed E-state index contributed by atoms with van der Waals surface area (Å²) < 4.78 is 0. The molecule has 4 N–H and O–H groups in total. The molecular weight excluding hydrogens is 418 g/mol. The Labute approximate surface area is 201 Å². The lowest BCUT2D eigenvalue weighted by Gasteiger charge is -2.27. The predicted molar refractivity (Wildman–Crippen MR) is 143 cm³/mol. The van der Waals surface area contributed by atoms with Crippen LogP contribution in [-0.4, -0.2) is 36.6 Å². The number of fused-ring (bicyclic) bond motifs is 2. The van der Waals surface area contributed by atoms with E-state index in [9.17, 15) is 0 Å². The highest BCUT2D eigenvalue weighted by Gasteiger charge is 2.23. The Balaban J connectivity index is 1.51. The molecule has 0 amide bonds. The van der Waals surface area contributed by atoms with Crippen LogP contribution >= 0.6 is 0 Å². The number of aromatic nitrogens is 1. The average Bonchev–Trinajstić information content (AvgIpc) is 3.24. The van der Waals surface area contributed by atoms with Crippen molar-refractivity contribution in [2.75, 3.05) is 31.6 Å². The van der Waals surface area contributed by atoms with Crippen molar-refractivity contribution in [2.45, 2.75) is 6.54 Å². The van der Waals surface area contributed by atoms with Crippen molar-refractivity contribution < 1.29 is 0 Å². The maximum Gasteiger partial charge on any atom is 0.0622 e.